The predicted octanol–water partition coefficient (Wildman–Crippen LogP) is 3.36. The van der Waals surface area contributed by atoms with Crippen molar-refractivity contribution in [3.63, 3.8) is 0 Å². The maximum atomic E-state index is 4.27. The van der Waals surface area contributed by atoms with Crippen molar-refractivity contribution in [1.29, 1.82) is 0 Å². The zero-order valence-electron chi connectivity index (χ0n) is 10.9. The fraction of sp³-hybridized carbons (Fsp3) is 0.643. The van der Waals surface area contributed by atoms with Crippen molar-refractivity contribution in [3.05, 3.63) is 18.3 Å². The van der Waals surface area contributed by atoms with Crippen LogP contribution in [0.2, 0.25) is 0 Å². The SMILES string of the molecule is CCNc1cc(NCC2CCCC2C)ccn1. The first-order valence-electron chi connectivity index (χ1n) is 6.73. The van der Waals surface area contributed by atoms with Crippen LogP contribution in [0.3, 0.4) is 0 Å². The molecule has 1 aromatic rings. The first kappa shape index (κ1) is 12.2. The Bertz CT molecular complexity index is 351. The molecule has 1 heterocycles. The van der Waals surface area contributed by atoms with Crippen LogP contribution in [-0.2, 0) is 0 Å². The van der Waals surface area contributed by atoms with E-state index in [4.69, 9.17) is 0 Å². The molecule has 1 fully saturated rings. The molecule has 0 aliphatic heterocycles. The molecule has 0 spiro atoms. The van der Waals surface area contributed by atoms with E-state index in [0.717, 1.165) is 30.7 Å². The molecule has 0 bridgehead atoms. The van der Waals surface area contributed by atoms with Crippen molar-refractivity contribution in [2.24, 2.45) is 11.8 Å². The van der Waals surface area contributed by atoms with Gasteiger partial charge in [-0.3, -0.25) is 0 Å². The van der Waals surface area contributed by atoms with Crippen LogP contribution in [0.1, 0.15) is 33.1 Å². The second-order valence-electron chi connectivity index (χ2n) is 5.01. The number of hydrogen-bond donors (Lipinski definition) is 2. The van der Waals surface area contributed by atoms with Crippen molar-refractivity contribution < 1.29 is 0 Å². The Morgan fingerprint density at radius 3 is 2.94 bits per heavy atom. The summed E-state index contributed by atoms with van der Waals surface area (Å²) in [6.45, 7) is 6.46. The van der Waals surface area contributed by atoms with Crippen molar-refractivity contribution >= 4 is 11.5 Å². The van der Waals surface area contributed by atoms with Gasteiger partial charge >= 0.3 is 0 Å². The Hall–Kier alpha value is -1.25. The standard InChI is InChI=1S/C14H23N3/c1-3-15-14-9-13(7-8-16-14)17-10-12-6-4-5-11(12)2/h7-9,11-12H,3-6,10H2,1-2H3,(H2,15,16,17). The predicted molar refractivity (Wildman–Crippen MR) is 73.4 cm³/mol. The van der Waals surface area contributed by atoms with Gasteiger partial charge in [-0.25, -0.2) is 4.98 Å². The lowest BCUT2D eigenvalue weighted by atomic mass is 9.98. The molecule has 2 rings (SSSR count). The summed E-state index contributed by atoms with van der Waals surface area (Å²) in [4.78, 5) is 4.27. The zero-order chi connectivity index (χ0) is 12.1. The Labute approximate surface area is 104 Å². The van der Waals surface area contributed by atoms with E-state index in [0.29, 0.717) is 0 Å². The van der Waals surface area contributed by atoms with Gasteiger partial charge in [0, 0.05) is 31.0 Å². The summed E-state index contributed by atoms with van der Waals surface area (Å²) in [5.74, 6) is 2.67. The zero-order valence-corrected chi connectivity index (χ0v) is 10.9. The Balaban J connectivity index is 1.87. The Morgan fingerprint density at radius 1 is 1.35 bits per heavy atom. The highest BCUT2D eigenvalue weighted by Crippen LogP contribution is 2.31. The highest BCUT2D eigenvalue weighted by molar-refractivity contribution is 5.51. The highest BCUT2D eigenvalue weighted by Gasteiger charge is 2.22. The Morgan fingerprint density at radius 2 is 2.24 bits per heavy atom. The lowest BCUT2D eigenvalue weighted by Crippen LogP contribution is -2.16. The van der Waals surface area contributed by atoms with Gasteiger partial charge in [-0.05, 0) is 31.2 Å². The summed E-state index contributed by atoms with van der Waals surface area (Å²) in [6.07, 6.45) is 6.02. The van der Waals surface area contributed by atoms with Gasteiger partial charge in [0.05, 0.1) is 0 Å². The number of rotatable bonds is 5. The average molecular weight is 233 g/mol. The molecule has 1 aliphatic carbocycles. The molecule has 1 saturated carbocycles. The molecule has 94 valence electrons. The van der Waals surface area contributed by atoms with Gasteiger partial charge < -0.3 is 10.6 Å². The van der Waals surface area contributed by atoms with Crippen LogP contribution in [0.25, 0.3) is 0 Å². The molecule has 0 aromatic carbocycles. The quantitative estimate of drug-likeness (QED) is 0.818. The fourth-order valence-electron chi connectivity index (χ4n) is 2.59. The van der Waals surface area contributed by atoms with Crippen LogP contribution in [0.15, 0.2) is 18.3 Å². The third-order valence-corrected chi connectivity index (χ3v) is 3.73. The molecule has 2 N–H and O–H groups in total. The highest BCUT2D eigenvalue weighted by atomic mass is 15.0. The summed E-state index contributed by atoms with van der Waals surface area (Å²) in [6, 6.07) is 4.13. The van der Waals surface area contributed by atoms with Gasteiger partial charge in [-0.2, -0.15) is 0 Å². The lowest BCUT2D eigenvalue weighted by molar-refractivity contribution is 0.439. The van der Waals surface area contributed by atoms with Crippen LogP contribution < -0.4 is 10.6 Å². The van der Waals surface area contributed by atoms with E-state index in [9.17, 15) is 0 Å². The molecule has 3 heteroatoms. The minimum atomic E-state index is 0.839. The van der Waals surface area contributed by atoms with Gasteiger partial charge in [0.15, 0.2) is 0 Å². The molecule has 3 nitrogen and oxygen atoms in total. The average Bonchev–Trinajstić information content (AvgIpc) is 2.73. The van der Waals surface area contributed by atoms with Crippen molar-refractivity contribution in [3.8, 4) is 0 Å². The van der Waals surface area contributed by atoms with Gasteiger partial charge in [0.2, 0.25) is 0 Å². The fourth-order valence-corrected chi connectivity index (χ4v) is 2.59. The Kier molecular flexibility index (Phi) is 4.24. The smallest absolute Gasteiger partial charge is 0.127 e. The van der Waals surface area contributed by atoms with E-state index in [2.05, 4.69) is 35.5 Å². The van der Waals surface area contributed by atoms with E-state index in [1.165, 1.54) is 24.9 Å². The monoisotopic (exact) mass is 233 g/mol. The van der Waals surface area contributed by atoms with Crippen LogP contribution in [0.4, 0.5) is 11.5 Å². The second-order valence-corrected chi connectivity index (χ2v) is 5.01. The largest absolute Gasteiger partial charge is 0.385 e. The van der Waals surface area contributed by atoms with Crippen LogP contribution in [-0.4, -0.2) is 18.1 Å². The molecule has 1 aromatic heterocycles. The summed E-state index contributed by atoms with van der Waals surface area (Å²) >= 11 is 0. The molecular weight excluding hydrogens is 210 g/mol. The second kappa shape index (κ2) is 5.89. The number of nitrogens with zero attached hydrogens (tertiary/aromatic N) is 1. The van der Waals surface area contributed by atoms with Crippen molar-refractivity contribution in [2.45, 2.75) is 33.1 Å². The van der Waals surface area contributed by atoms with Crippen molar-refractivity contribution in [2.75, 3.05) is 23.7 Å². The number of nitrogens with one attached hydrogen (secondary N) is 2. The molecular formula is C14H23N3. The molecule has 1 aliphatic rings. The lowest BCUT2D eigenvalue weighted by Gasteiger charge is -2.17. The maximum Gasteiger partial charge on any atom is 0.127 e. The van der Waals surface area contributed by atoms with Crippen molar-refractivity contribution in [1.82, 2.24) is 4.98 Å². The molecule has 17 heavy (non-hydrogen) atoms. The number of hydrogen-bond acceptors (Lipinski definition) is 3. The summed E-state index contributed by atoms with van der Waals surface area (Å²) in [7, 11) is 0. The summed E-state index contributed by atoms with van der Waals surface area (Å²) in [5.41, 5.74) is 1.18. The minimum absolute atomic E-state index is 0.839. The number of aromatic nitrogens is 1. The summed E-state index contributed by atoms with van der Waals surface area (Å²) < 4.78 is 0. The van der Waals surface area contributed by atoms with E-state index in [1.807, 2.05) is 12.3 Å². The number of pyridine rings is 1. The summed E-state index contributed by atoms with van der Waals surface area (Å²) in [5, 5.41) is 6.77. The first-order valence-corrected chi connectivity index (χ1v) is 6.73. The normalized spacial score (nSPS) is 23.6. The minimum Gasteiger partial charge on any atom is -0.385 e. The molecule has 0 amide bonds. The van der Waals surface area contributed by atoms with Gasteiger partial charge in [0.25, 0.3) is 0 Å². The van der Waals surface area contributed by atoms with Gasteiger partial charge in [-0.1, -0.05) is 19.8 Å². The maximum absolute atomic E-state index is 4.27. The van der Waals surface area contributed by atoms with Gasteiger partial charge in [0.1, 0.15) is 5.82 Å². The molecule has 2 atom stereocenters. The van der Waals surface area contributed by atoms with Crippen LogP contribution in [0, 0.1) is 11.8 Å². The third-order valence-electron chi connectivity index (χ3n) is 3.73. The number of anilines is 2. The third kappa shape index (κ3) is 3.35. The molecule has 0 radical (unpaired) electrons. The van der Waals surface area contributed by atoms with E-state index in [-0.39, 0.29) is 0 Å². The van der Waals surface area contributed by atoms with Gasteiger partial charge in [-0.15, -0.1) is 0 Å². The van der Waals surface area contributed by atoms with E-state index < -0.39 is 0 Å². The molecule has 0 saturated heterocycles. The molecule has 2 unspecified atom stereocenters. The first-order chi connectivity index (χ1) is 8.29. The van der Waals surface area contributed by atoms with E-state index >= 15 is 0 Å². The topological polar surface area (TPSA) is 37.0 Å². The van der Waals surface area contributed by atoms with E-state index in [1.54, 1.807) is 0 Å². The van der Waals surface area contributed by atoms with Crippen LogP contribution in [0.5, 0.6) is 0 Å². The van der Waals surface area contributed by atoms with Crippen LogP contribution >= 0.6 is 0 Å².